The molecule has 1 aromatic carbocycles. The highest BCUT2D eigenvalue weighted by Gasteiger charge is 2.16. The molecule has 0 atom stereocenters. The third-order valence-electron chi connectivity index (χ3n) is 2.86. The SMILES string of the molecule is COc1c(C)c(C)cc(-c2cc(N)n[nH]2)c1O. The number of hydrogen-bond acceptors (Lipinski definition) is 4. The fraction of sp³-hybridized carbons (Fsp3) is 0.250. The summed E-state index contributed by atoms with van der Waals surface area (Å²) in [7, 11) is 1.53. The number of hydrogen-bond donors (Lipinski definition) is 3. The molecule has 17 heavy (non-hydrogen) atoms. The number of nitrogens with zero attached hydrogens (tertiary/aromatic N) is 1. The zero-order valence-electron chi connectivity index (χ0n) is 10.0. The van der Waals surface area contributed by atoms with Gasteiger partial charge in [-0.25, -0.2) is 0 Å². The number of benzene rings is 1. The first-order chi connectivity index (χ1) is 8.04. The van der Waals surface area contributed by atoms with E-state index >= 15 is 0 Å². The summed E-state index contributed by atoms with van der Waals surface area (Å²) in [6.07, 6.45) is 0. The zero-order chi connectivity index (χ0) is 12.6. The lowest BCUT2D eigenvalue weighted by Crippen LogP contribution is -1.93. The number of ether oxygens (including phenoxy) is 1. The highest BCUT2D eigenvalue weighted by Crippen LogP contribution is 2.40. The zero-order valence-corrected chi connectivity index (χ0v) is 10.0. The van der Waals surface area contributed by atoms with Crippen LogP contribution in [-0.2, 0) is 0 Å². The van der Waals surface area contributed by atoms with E-state index in [1.165, 1.54) is 7.11 Å². The number of anilines is 1. The van der Waals surface area contributed by atoms with E-state index in [1.54, 1.807) is 6.07 Å². The minimum Gasteiger partial charge on any atom is -0.504 e. The second kappa shape index (κ2) is 4.01. The molecule has 0 aliphatic carbocycles. The molecule has 1 aromatic heterocycles. The van der Waals surface area contributed by atoms with E-state index in [1.807, 2.05) is 19.9 Å². The highest BCUT2D eigenvalue weighted by atomic mass is 16.5. The van der Waals surface area contributed by atoms with E-state index in [2.05, 4.69) is 10.2 Å². The molecule has 90 valence electrons. The molecular weight excluding hydrogens is 218 g/mol. The topological polar surface area (TPSA) is 84.2 Å². The fourth-order valence-corrected chi connectivity index (χ4v) is 1.80. The first-order valence-electron chi connectivity index (χ1n) is 5.23. The summed E-state index contributed by atoms with van der Waals surface area (Å²) >= 11 is 0. The second-order valence-electron chi connectivity index (χ2n) is 3.95. The van der Waals surface area contributed by atoms with E-state index in [4.69, 9.17) is 10.5 Å². The van der Waals surface area contributed by atoms with Crippen LogP contribution in [0.15, 0.2) is 12.1 Å². The summed E-state index contributed by atoms with van der Waals surface area (Å²) in [4.78, 5) is 0. The Morgan fingerprint density at radius 1 is 1.35 bits per heavy atom. The molecule has 4 N–H and O–H groups in total. The van der Waals surface area contributed by atoms with Gasteiger partial charge in [0.25, 0.3) is 0 Å². The van der Waals surface area contributed by atoms with Gasteiger partial charge in [-0.3, -0.25) is 5.10 Å². The molecule has 5 heteroatoms. The normalized spacial score (nSPS) is 10.5. The van der Waals surface area contributed by atoms with Crippen molar-refractivity contribution in [3.63, 3.8) is 0 Å². The molecule has 5 nitrogen and oxygen atoms in total. The van der Waals surface area contributed by atoms with Crippen LogP contribution in [0.4, 0.5) is 5.82 Å². The van der Waals surface area contributed by atoms with Crippen LogP contribution in [-0.4, -0.2) is 22.4 Å². The van der Waals surface area contributed by atoms with Crippen molar-refractivity contribution in [2.45, 2.75) is 13.8 Å². The predicted octanol–water partition coefficient (Wildman–Crippen LogP) is 1.99. The summed E-state index contributed by atoms with van der Waals surface area (Å²) in [6.45, 7) is 3.86. The molecule has 0 bridgehead atoms. The number of nitrogens with one attached hydrogen (secondary N) is 1. The van der Waals surface area contributed by atoms with Gasteiger partial charge in [0.05, 0.1) is 12.8 Å². The summed E-state index contributed by atoms with van der Waals surface area (Å²) in [6, 6.07) is 3.55. The van der Waals surface area contributed by atoms with Gasteiger partial charge in [0.1, 0.15) is 5.82 Å². The van der Waals surface area contributed by atoms with Crippen molar-refractivity contribution >= 4 is 5.82 Å². The van der Waals surface area contributed by atoms with Crippen molar-refractivity contribution in [1.82, 2.24) is 10.2 Å². The monoisotopic (exact) mass is 233 g/mol. The molecule has 1 heterocycles. The lowest BCUT2D eigenvalue weighted by molar-refractivity contribution is 0.371. The molecule has 0 fully saturated rings. The maximum Gasteiger partial charge on any atom is 0.167 e. The number of H-pyrrole nitrogens is 1. The first-order valence-corrected chi connectivity index (χ1v) is 5.23. The largest absolute Gasteiger partial charge is 0.504 e. The second-order valence-corrected chi connectivity index (χ2v) is 3.95. The van der Waals surface area contributed by atoms with Crippen LogP contribution in [0.1, 0.15) is 11.1 Å². The molecule has 2 aromatic rings. The Labute approximate surface area is 99.2 Å². The molecule has 2 rings (SSSR count). The predicted molar refractivity (Wildman–Crippen MR) is 66.1 cm³/mol. The number of methoxy groups -OCH3 is 1. The molecule has 0 unspecified atom stereocenters. The Balaban J connectivity index is 2.67. The van der Waals surface area contributed by atoms with Crippen LogP contribution in [0.3, 0.4) is 0 Å². The third-order valence-corrected chi connectivity index (χ3v) is 2.86. The average molecular weight is 233 g/mol. The first kappa shape index (κ1) is 11.3. The maximum atomic E-state index is 10.1. The number of rotatable bonds is 2. The number of phenolic OH excluding ortho intramolecular Hbond substituents is 1. The molecule has 0 saturated carbocycles. The number of aromatic hydroxyl groups is 1. The van der Waals surface area contributed by atoms with Gasteiger partial charge >= 0.3 is 0 Å². The number of aromatic amines is 1. The van der Waals surface area contributed by atoms with Crippen LogP contribution in [0.5, 0.6) is 11.5 Å². The Bertz CT molecular complexity index is 561. The Morgan fingerprint density at radius 3 is 2.59 bits per heavy atom. The van der Waals surface area contributed by atoms with Gasteiger partial charge in [0, 0.05) is 11.6 Å². The summed E-state index contributed by atoms with van der Waals surface area (Å²) < 4.78 is 5.21. The lowest BCUT2D eigenvalue weighted by Gasteiger charge is -2.13. The fourth-order valence-electron chi connectivity index (χ4n) is 1.80. The van der Waals surface area contributed by atoms with Crippen LogP contribution in [0, 0.1) is 13.8 Å². The maximum absolute atomic E-state index is 10.1. The molecular formula is C12H15N3O2. The smallest absolute Gasteiger partial charge is 0.167 e. The summed E-state index contributed by atoms with van der Waals surface area (Å²) in [5.41, 5.74) is 8.80. The van der Waals surface area contributed by atoms with Crippen LogP contribution < -0.4 is 10.5 Å². The number of aromatic nitrogens is 2. The van der Waals surface area contributed by atoms with Crippen molar-refractivity contribution in [1.29, 1.82) is 0 Å². The molecule has 0 spiro atoms. The number of phenols is 1. The van der Waals surface area contributed by atoms with Crippen LogP contribution >= 0.6 is 0 Å². The quantitative estimate of drug-likeness (QED) is 0.740. The van der Waals surface area contributed by atoms with Gasteiger partial charge in [0.15, 0.2) is 11.5 Å². The van der Waals surface area contributed by atoms with Crippen molar-refractivity contribution in [3.05, 3.63) is 23.3 Å². The van der Waals surface area contributed by atoms with Gasteiger partial charge < -0.3 is 15.6 Å². The molecule has 0 aliphatic rings. The van der Waals surface area contributed by atoms with Gasteiger partial charge in [0.2, 0.25) is 0 Å². The molecule has 0 aliphatic heterocycles. The van der Waals surface area contributed by atoms with E-state index < -0.39 is 0 Å². The number of nitrogen functional groups attached to an aromatic ring is 1. The van der Waals surface area contributed by atoms with Crippen molar-refractivity contribution < 1.29 is 9.84 Å². The van der Waals surface area contributed by atoms with E-state index in [-0.39, 0.29) is 5.75 Å². The third kappa shape index (κ3) is 1.80. The highest BCUT2D eigenvalue weighted by molar-refractivity contribution is 5.74. The lowest BCUT2D eigenvalue weighted by atomic mass is 10.0. The van der Waals surface area contributed by atoms with Gasteiger partial charge in [-0.05, 0) is 31.0 Å². The Morgan fingerprint density at radius 2 is 2.06 bits per heavy atom. The van der Waals surface area contributed by atoms with Gasteiger partial charge in [-0.2, -0.15) is 5.10 Å². The van der Waals surface area contributed by atoms with Crippen LogP contribution in [0.2, 0.25) is 0 Å². The minimum atomic E-state index is 0.0965. The summed E-state index contributed by atoms with van der Waals surface area (Å²) in [5, 5.41) is 16.8. The Hall–Kier alpha value is -2.17. The molecule has 0 radical (unpaired) electrons. The standard InChI is InChI=1S/C12H15N3O2/c1-6-4-8(9-5-10(13)15-14-9)11(16)12(17-3)7(6)2/h4-5,16H,1-3H3,(H3,13,14,15). The summed E-state index contributed by atoms with van der Waals surface area (Å²) in [5.74, 6) is 0.962. The number of nitrogens with two attached hydrogens (primary N) is 1. The van der Waals surface area contributed by atoms with E-state index in [0.29, 0.717) is 22.8 Å². The Kier molecular flexibility index (Phi) is 2.67. The average Bonchev–Trinajstić information content (AvgIpc) is 2.71. The van der Waals surface area contributed by atoms with Crippen molar-refractivity contribution in [3.8, 4) is 22.8 Å². The minimum absolute atomic E-state index is 0.0965. The van der Waals surface area contributed by atoms with E-state index in [9.17, 15) is 5.11 Å². The number of aryl methyl sites for hydroxylation is 1. The van der Waals surface area contributed by atoms with Gasteiger partial charge in [-0.1, -0.05) is 0 Å². The van der Waals surface area contributed by atoms with Crippen molar-refractivity contribution in [2.24, 2.45) is 0 Å². The van der Waals surface area contributed by atoms with E-state index in [0.717, 1.165) is 11.1 Å². The molecule has 0 amide bonds. The van der Waals surface area contributed by atoms with Crippen molar-refractivity contribution in [2.75, 3.05) is 12.8 Å². The molecule has 0 saturated heterocycles. The van der Waals surface area contributed by atoms with Gasteiger partial charge in [-0.15, -0.1) is 0 Å². The van der Waals surface area contributed by atoms with Crippen LogP contribution in [0.25, 0.3) is 11.3 Å².